The number of sulfonamides is 1. The number of hydrogen-bond donors (Lipinski definition) is 1. The Balaban J connectivity index is 1.63. The third-order valence-corrected chi connectivity index (χ3v) is 7.29. The lowest BCUT2D eigenvalue weighted by Crippen LogP contribution is -2.43. The average Bonchev–Trinajstić information content (AvgIpc) is 2.84. The summed E-state index contributed by atoms with van der Waals surface area (Å²) >= 11 is 0. The first-order valence-corrected chi connectivity index (χ1v) is 12.0. The number of ether oxygens (including phenoxy) is 3. The molecule has 1 aliphatic rings. The number of nitrogens with zero attached hydrogens (tertiary/aromatic N) is 1. The Bertz CT molecular complexity index is 1160. The van der Waals surface area contributed by atoms with E-state index >= 15 is 0 Å². The van der Waals surface area contributed by atoms with E-state index in [2.05, 4.69) is 9.62 Å². The Morgan fingerprint density at radius 1 is 0.938 bits per heavy atom. The number of fused-ring (bicyclic) bond motifs is 1. The molecule has 0 aromatic heterocycles. The first kappa shape index (κ1) is 22.5. The Labute approximate surface area is 188 Å². The minimum absolute atomic E-state index is 0.121. The third-order valence-electron chi connectivity index (χ3n) is 5.81. The minimum atomic E-state index is -3.75. The van der Waals surface area contributed by atoms with Gasteiger partial charge in [-0.05, 0) is 29.8 Å². The van der Waals surface area contributed by atoms with E-state index in [0.29, 0.717) is 24.3 Å². The quantitative estimate of drug-likeness (QED) is 0.561. The van der Waals surface area contributed by atoms with E-state index in [9.17, 15) is 8.42 Å². The highest BCUT2D eigenvalue weighted by molar-refractivity contribution is 7.89. The van der Waals surface area contributed by atoms with Crippen LogP contribution in [0.2, 0.25) is 0 Å². The lowest BCUT2D eigenvalue weighted by molar-refractivity contribution is 0.0172. The lowest BCUT2D eigenvalue weighted by atomic mass is 10.0. The number of morpholine rings is 1. The molecule has 0 bridgehead atoms. The van der Waals surface area contributed by atoms with E-state index in [1.54, 1.807) is 32.4 Å². The Hall–Kier alpha value is -2.65. The molecule has 7 nitrogen and oxygen atoms in total. The molecular formula is C24H28N2O5S. The van der Waals surface area contributed by atoms with Gasteiger partial charge in [-0.1, -0.05) is 36.4 Å². The smallest absolute Gasteiger partial charge is 0.241 e. The van der Waals surface area contributed by atoms with E-state index in [0.717, 1.165) is 29.8 Å². The Kier molecular flexibility index (Phi) is 6.95. The molecule has 3 aromatic rings. The van der Waals surface area contributed by atoms with E-state index in [1.807, 2.05) is 42.5 Å². The summed E-state index contributed by atoms with van der Waals surface area (Å²) < 4.78 is 45.7. The van der Waals surface area contributed by atoms with Gasteiger partial charge in [0.25, 0.3) is 0 Å². The highest BCUT2D eigenvalue weighted by Gasteiger charge is 2.26. The molecule has 1 unspecified atom stereocenters. The van der Waals surface area contributed by atoms with Crippen LogP contribution < -0.4 is 14.2 Å². The molecule has 3 aromatic carbocycles. The van der Waals surface area contributed by atoms with E-state index in [-0.39, 0.29) is 17.5 Å². The lowest BCUT2D eigenvalue weighted by Gasteiger charge is -2.35. The topological polar surface area (TPSA) is 77.1 Å². The predicted molar refractivity (Wildman–Crippen MR) is 124 cm³/mol. The molecule has 0 amide bonds. The van der Waals surface area contributed by atoms with Gasteiger partial charge in [0.2, 0.25) is 10.0 Å². The number of hydrogen-bond acceptors (Lipinski definition) is 6. The maximum atomic E-state index is 13.3. The second kappa shape index (κ2) is 9.87. The summed E-state index contributed by atoms with van der Waals surface area (Å²) in [6.07, 6.45) is 0. The summed E-state index contributed by atoms with van der Waals surface area (Å²) in [5.41, 5.74) is 1.02. The van der Waals surface area contributed by atoms with E-state index < -0.39 is 10.0 Å². The van der Waals surface area contributed by atoms with Crippen LogP contribution in [0.4, 0.5) is 0 Å². The molecule has 1 aliphatic heterocycles. The SMILES string of the molecule is COc1ccc(C(CNS(=O)(=O)c2ccc(OC)c3ccccc23)N2CCOCC2)cc1. The van der Waals surface area contributed by atoms with Crippen LogP contribution in [0.3, 0.4) is 0 Å². The van der Waals surface area contributed by atoms with Crippen LogP contribution in [0.5, 0.6) is 11.5 Å². The summed E-state index contributed by atoms with van der Waals surface area (Å²) in [5, 5.41) is 1.39. The fourth-order valence-electron chi connectivity index (χ4n) is 4.10. The van der Waals surface area contributed by atoms with Crippen LogP contribution in [0, 0.1) is 0 Å². The Morgan fingerprint density at radius 3 is 2.28 bits per heavy atom. The molecule has 0 spiro atoms. The molecule has 4 rings (SSSR count). The first-order valence-electron chi connectivity index (χ1n) is 10.5. The van der Waals surface area contributed by atoms with Crippen molar-refractivity contribution < 1.29 is 22.6 Å². The molecule has 1 saturated heterocycles. The van der Waals surface area contributed by atoms with Crippen molar-refractivity contribution in [3.8, 4) is 11.5 Å². The van der Waals surface area contributed by atoms with Crippen molar-refractivity contribution in [1.29, 1.82) is 0 Å². The fourth-order valence-corrected chi connectivity index (χ4v) is 5.34. The van der Waals surface area contributed by atoms with Gasteiger partial charge in [-0.3, -0.25) is 4.90 Å². The summed E-state index contributed by atoms with van der Waals surface area (Å²) in [6.45, 7) is 2.98. The maximum Gasteiger partial charge on any atom is 0.241 e. The second-order valence-electron chi connectivity index (χ2n) is 7.60. The molecule has 0 saturated carbocycles. The molecule has 8 heteroatoms. The van der Waals surface area contributed by atoms with Gasteiger partial charge in [0.05, 0.1) is 32.3 Å². The normalized spacial score (nSPS) is 16.1. The monoisotopic (exact) mass is 456 g/mol. The summed E-state index contributed by atoms with van der Waals surface area (Å²) in [5.74, 6) is 1.41. The van der Waals surface area contributed by atoms with Crippen LogP contribution >= 0.6 is 0 Å². The Morgan fingerprint density at radius 2 is 1.62 bits per heavy atom. The maximum absolute atomic E-state index is 13.3. The molecule has 1 heterocycles. The molecule has 0 radical (unpaired) electrons. The highest BCUT2D eigenvalue weighted by atomic mass is 32.2. The molecule has 1 fully saturated rings. The largest absolute Gasteiger partial charge is 0.497 e. The number of methoxy groups -OCH3 is 2. The van der Waals surface area contributed by atoms with E-state index in [4.69, 9.17) is 14.2 Å². The molecule has 32 heavy (non-hydrogen) atoms. The average molecular weight is 457 g/mol. The predicted octanol–water partition coefficient (Wildman–Crippen LogP) is 3.21. The van der Waals surface area contributed by atoms with Gasteiger partial charge in [-0.2, -0.15) is 0 Å². The van der Waals surface area contributed by atoms with Crippen LogP contribution in [-0.2, 0) is 14.8 Å². The minimum Gasteiger partial charge on any atom is -0.497 e. The highest BCUT2D eigenvalue weighted by Crippen LogP contribution is 2.31. The van der Waals surface area contributed by atoms with Crippen molar-refractivity contribution in [2.24, 2.45) is 0 Å². The van der Waals surface area contributed by atoms with Crippen LogP contribution in [-0.4, -0.2) is 60.4 Å². The van der Waals surface area contributed by atoms with E-state index in [1.165, 1.54) is 0 Å². The standard InChI is InChI=1S/C24H28N2O5S/c1-29-19-9-7-18(8-10-19)22(26-13-15-31-16-14-26)17-25-32(27,28)24-12-11-23(30-2)20-5-3-4-6-21(20)24/h3-12,22,25H,13-17H2,1-2H3. The van der Waals surface area contributed by atoms with Gasteiger partial charge in [0.1, 0.15) is 11.5 Å². The van der Waals surface area contributed by atoms with Crippen LogP contribution in [0.25, 0.3) is 10.8 Å². The summed E-state index contributed by atoms with van der Waals surface area (Å²) in [7, 11) is -0.548. The number of benzene rings is 3. The van der Waals surface area contributed by atoms with Gasteiger partial charge in [-0.15, -0.1) is 0 Å². The van der Waals surface area contributed by atoms with Gasteiger partial charge in [0.15, 0.2) is 0 Å². The van der Waals surface area contributed by atoms with Crippen molar-refractivity contribution in [2.45, 2.75) is 10.9 Å². The van der Waals surface area contributed by atoms with Crippen LogP contribution in [0.1, 0.15) is 11.6 Å². The van der Waals surface area contributed by atoms with Crippen molar-refractivity contribution in [2.75, 3.05) is 47.1 Å². The molecule has 170 valence electrons. The van der Waals surface area contributed by atoms with Gasteiger partial charge in [0, 0.05) is 36.4 Å². The van der Waals surface area contributed by atoms with Crippen molar-refractivity contribution in [3.05, 3.63) is 66.2 Å². The second-order valence-corrected chi connectivity index (χ2v) is 9.34. The van der Waals surface area contributed by atoms with Crippen LogP contribution in [0.15, 0.2) is 65.6 Å². The van der Waals surface area contributed by atoms with Gasteiger partial charge in [-0.25, -0.2) is 13.1 Å². The first-order chi connectivity index (χ1) is 15.5. The third kappa shape index (κ3) is 4.73. The van der Waals surface area contributed by atoms with Crippen molar-refractivity contribution >= 4 is 20.8 Å². The zero-order valence-corrected chi connectivity index (χ0v) is 19.1. The van der Waals surface area contributed by atoms with Crippen molar-refractivity contribution in [3.63, 3.8) is 0 Å². The summed E-state index contributed by atoms with van der Waals surface area (Å²) in [4.78, 5) is 2.49. The van der Waals surface area contributed by atoms with Crippen molar-refractivity contribution in [1.82, 2.24) is 9.62 Å². The molecule has 0 aliphatic carbocycles. The van der Waals surface area contributed by atoms with Gasteiger partial charge >= 0.3 is 0 Å². The zero-order chi connectivity index (χ0) is 22.6. The number of nitrogens with one attached hydrogen (secondary N) is 1. The summed E-state index contributed by atoms with van der Waals surface area (Å²) in [6, 6.07) is 18.3. The fraction of sp³-hybridized carbons (Fsp3) is 0.333. The zero-order valence-electron chi connectivity index (χ0n) is 18.3. The van der Waals surface area contributed by atoms with Gasteiger partial charge < -0.3 is 14.2 Å². The molecule has 1 N–H and O–H groups in total. The molecule has 1 atom stereocenters. The molecular weight excluding hydrogens is 428 g/mol. The number of rotatable bonds is 8.